The standard InChI is InChI=1S/C13H13ClN2/c1-9-4-2-5-10(8-9)16-13(14)11-6-3-7-12(11)15-16/h2,4-5,8H,3,6-7H2,1H3. The van der Waals surface area contributed by atoms with E-state index in [0.717, 1.165) is 23.7 Å². The fourth-order valence-electron chi connectivity index (χ4n) is 2.28. The summed E-state index contributed by atoms with van der Waals surface area (Å²) < 4.78 is 1.86. The lowest BCUT2D eigenvalue weighted by molar-refractivity contribution is 0.801. The van der Waals surface area contributed by atoms with Crippen LogP contribution in [-0.4, -0.2) is 9.78 Å². The first-order valence-electron chi connectivity index (χ1n) is 5.59. The number of benzene rings is 1. The van der Waals surface area contributed by atoms with Crippen LogP contribution in [0.25, 0.3) is 5.69 Å². The smallest absolute Gasteiger partial charge is 0.136 e. The lowest BCUT2D eigenvalue weighted by atomic mass is 10.2. The van der Waals surface area contributed by atoms with Crippen molar-refractivity contribution in [3.8, 4) is 5.69 Å². The van der Waals surface area contributed by atoms with Gasteiger partial charge in [-0.2, -0.15) is 5.10 Å². The second-order valence-corrected chi connectivity index (χ2v) is 4.68. The van der Waals surface area contributed by atoms with Gasteiger partial charge in [-0.1, -0.05) is 23.7 Å². The van der Waals surface area contributed by atoms with Crippen LogP contribution < -0.4 is 0 Å². The van der Waals surface area contributed by atoms with Gasteiger partial charge in [-0.15, -0.1) is 0 Å². The van der Waals surface area contributed by atoms with Crippen LogP contribution in [0.4, 0.5) is 0 Å². The highest BCUT2D eigenvalue weighted by atomic mass is 35.5. The van der Waals surface area contributed by atoms with Gasteiger partial charge in [-0.05, 0) is 43.9 Å². The molecule has 0 aliphatic heterocycles. The van der Waals surface area contributed by atoms with Gasteiger partial charge in [-0.3, -0.25) is 0 Å². The summed E-state index contributed by atoms with van der Waals surface area (Å²) in [4.78, 5) is 0. The first kappa shape index (κ1) is 9.91. The number of aromatic nitrogens is 2. The zero-order chi connectivity index (χ0) is 11.1. The molecule has 0 fully saturated rings. The minimum Gasteiger partial charge on any atom is -0.222 e. The van der Waals surface area contributed by atoms with Gasteiger partial charge in [-0.25, -0.2) is 4.68 Å². The summed E-state index contributed by atoms with van der Waals surface area (Å²) >= 11 is 6.36. The van der Waals surface area contributed by atoms with Gasteiger partial charge in [0, 0.05) is 5.56 Å². The van der Waals surface area contributed by atoms with Crippen LogP contribution in [0.5, 0.6) is 0 Å². The maximum atomic E-state index is 6.36. The van der Waals surface area contributed by atoms with Crippen molar-refractivity contribution in [3.05, 3.63) is 46.2 Å². The fourth-order valence-corrected chi connectivity index (χ4v) is 2.62. The van der Waals surface area contributed by atoms with Crippen molar-refractivity contribution in [2.75, 3.05) is 0 Å². The summed E-state index contributed by atoms with van der Waals surface area (Å²) in [6.07, 6.45) is 3.32. The highest BCUT2D eigenvalue weighted by Gasteiger charge is 2.21. The molecule has 0 saturated carbocycles. The summed E-state index contributed by atoms with van der Waals surface area (Å²) in [7, 11) is 0. The molecule has 0 bridgehead atoms. The summed E-state index contributed by atoms with van der Waals surface area (Å²) in [5.74, 6) is 0. The van der Waals surface area contributed by atoms with E-state index in [1.54, 1.807) is 0 Å². The Morgan fingerprint density at radius 2 is 2.19 bits per heavy atom. The first-order valence-corrected chi connectivity index (χ1v) is 5.97. The Kier molecular flexibility index (Phi) is 2.25. The van der Waals surface area contributed by atoms with E-state index in [-0.39, 0.29) is 0 Å². The van der Waals surface area contributed by atoms with E-state index in [4.69, 9.17) is 11.6 Å². The third-order valence-corrected chi connectivity index (χ3v) is 3.48. The Morgan fingerprint density at radius 3 is 2.94 bits per heavy atom. The summed E-state index contributed by atoms with van der Waals surface area (Å²) in [6.45, 7) is 2.08. The molecule has 2 nitrogen and oxygen atoms in total. The van der Waals surface area contributed by atoms with Crippen molar-refractivity contribution in [3.63, 3.8) is 0 Å². The maximum absolute atomic E-state index is 6.36. The van der Waals surface area contributed by atoms with Gasteiger partial charge in [0.05, 0.1) is 11.4 Å². The number of halogens is 1. The molecule has 0 N–H and O–H groups in total. The first-order chi connectivity index (χ1) is 7.75. The maximum Gasteiger partial charge on any atom is 0.136 e. The SMILES string of the molecule is Cc1cccc(-n2nc3c(c2Cl)CCC3)c1. The minimum absolute atomic E-state index is 0.790. The van der Waals surface area contributed by atoms with Gasteiger partial charge in [0.1, 0.15) is 5.15 Å². The summed E-state index contributed by atoms with van der Waals surface area (Å²) in [5.41, 5.74) is 4.69. The average Bonchev–Trinajstić information content (AvgIpc) is 2.82. The van der Waals surface area contributed by atoms with E-state index in [1.807, 2.05) is 16.8 Å². The molecule has 1 heterocycles. The van der Waals surface area contributed by atoms with E-state index in [1.165, 1.54) is 23.2 Å². The average molecular weight is 233 g/mol. The topological polar surface area (TPSA) is 17.8 Å². The second-order valence-electron chi connectivity index (χ2n) is 4.32. The molecule has 2 aromatic rings. The molecule has 3 heteroatoms. The zero-order valence-electron chi connectivity index (χ0n) is 9.20. The Hall–Kier alpha value is -1.28. The van der Waals surface area contributed by atoms with Crippen LogP contribution in [0.2, 0.25) is 5.15 Å². The highest BCUT2D eigenvalue weighted by Crippen LogP contribution is 2.30. The van der Waals surface area contributed by atoms with Gasteiger partial charge in [0.15, 0.2) is 0 Å². The van der Waals surface area contributed by atoms with E-state index >= 15 is 0 Å². The van der Waals surface area contributed by atoms with Crippen LogP contribution >= 0.6 is 11.6 Å². The molecule has 3 rings (SSSR count). The largest absolute Gasteiger partial charge is 0.222 e. The van der Waals surface area contributed by atoms with Crippen LogP contribution in [0, 0.1) is 6.92 Å². The van der Waals surface area contributed by atoms with Gasteiger partial charge in [0.2, 0.25) is 0 Å². The molecule has 82 valence electrons. The van der Waals surface area contributed by atoms with Gasteiger partial charge < -0.3 is 0 Å². The van der Waals surface area contributed by atoms with Crippen molar-refractivity contribution in [2.24, 2.45) is 0 Å². The van der Waals surface area contributed by atoms with Crippen LogP contribution in [0.15, 0.2) is 24.3 Å². The summed E-state index contributed by atoms with van der Waals surface area (Å²) in [5, 5.41) is 5.38. The normalized spacial score (nSPS) is 14.1. The van der Waals surface area contributed by atoms with Crippen molar-refractivity contribution in [1.82, 2.24) is 9.78 Å². The molecule has 0 unspecified atom stereocenters. The zero-order valence-corrected chi connectivity index (χ0v) is 9.96. The molecule has 0 radical (unpaired) electrons. The monoisotopic (exact) mass is 232 g/mol. The fraction of sp³-hybridized carbons (Fsp3) is 0.308. The molecule has 1 aromatic carbocycles. The molecule has 0 spiro atoms. The number of fused-ring (bicyclic) bond motifs is 1. The van der Waals surface area contributed by atoms with E-state index in [2.05, 4.69) is 24.2 Å². The molecular weight excluding hydrogens is 220 g/mol. The van der Waals surface area contributed by atoms with Gasteiger partial charge >= 0.3 is 0 Å². The van der Waals surface area contributed by atoms with Crippen molar-refractivity contribution < 1.29 is 0 Å². The molecule has 1 aliphatic rings. The Labute approximate surface area is 99.9 Å². The molecule has 0 atom stereocenters. The number of aryl methyl sites for hydroxylation is 2. The minimum atomic E-state index is 0.790. The number of hydrogen-bond acceptors (Lipinski definition) is 1. The second kappa shape index (κ2) is 3.63. The highest BCUT2D eigenvalue weighted by molar-refractivity contribution is 6.30. The van der Waals surface area contributed by atoms with E-state index in [9.17, 15) is 0 Å². The van der Waals surface area contributed by atoms with Crippen LogP contribution in [-0.2, 0) is 12.8 Å². The van der Waals surface area contributed by atoms with Crippen molar-refractivity contribution in [1.29, 1.82) is 0 Å². The number of rotatable bonds is 1. The van der Waals surface area contributed by atoms with Crippen LogP contribution in [0.1, 0.15) is 23.2 Å². The van der Waals surface area contributed by atoms with Crippen molar-refractivity contribution in [2.45, 2.75) is 26.2 Å². The predicted molar refractivity (Wildman–Crippen MR) is 65.3 cm³/mol. The van der Waals surface area contributed by atoms with E-state index in [0.29, 0.717) is 0 Å². The molecular formula is C13H13ClN2. The van der Waals surface area contributed by atoms with E-state index < -0.39 is 0 Å². The molecule has 1 aliphatic carbocycles. The molecule has 0 amide bonds. The summed E-state index contributed by atoms with van der Waals surface area (Å²) in [6, 6.07) is 8.26. The van der Waals surface area contributed by atoms with Crippen LogP contribution in [0.3, 0.4) is 0 Å². The number of nitrogens with zero attached hydrogens (tertiary/aromatic N) is 2. The Bertz CT molecular complexity index is 543. The Morgan fingerprint density at radius 1 is 1.31 bits per heavy atom. The lowest BCUT2D eigenvalue weighted by Crippen LogP contribution is -1.98. The predicted octanol–water partition coefficient (Wildman–Crippen LogP) is 3.32. The third-order valence-electron chi connectivity index (χ3n) is 3.09. The van der Waals surface area contributed by atoms with Gasteiger partial charge in [0.25, 0.3) is 0 Å². The third kappa shape index (κ3) is 1.45. The quantitative estimate of drug-likeness (QED) is 0.738. The Balaban J connectivity index is 2.14. The lowest BCUT2D eigenvalue weighted by Gasteiger charge is -2.04. The molecule has 1 aromatic heterocycles. The van der Waals surface area contributed by atoms with Crippen molar-refractivity contribution >= 4 is 11.6 Å². The molecule has 0 saturated heterocycles. The number of hydrogen-bond donors (Lipinski definition) is 0. The molecule has 16 heavy (non-hydrogen) atoms.